The molecule has 0 aliphatic carbocycles. The normalized spacial score (nSPS) is 11.9. The minimum Gasteiger partial charge on any atom is -0.465 e. The maximum atomic E-state index is 13.7. The summed E-state index contributed by atoms with van der Waals surface area (Å²) in [7, 11) is 2.55. The quantitative estimate of drug-likeness (QED) is 0.406. The lowest BCUT2D eigenvalue weighted by molar-refractivity contribution is 0.0584. The Hall–Kier alpha value is -4.59. The largest absolute Gasteiger partial charge is 0.465 e. The highest BCUT2D eigenvalue weighted by Crippen LogP contribution is 2.35. The second-order valence-electron chi connectivity index (χ2n) is 7.91. The molecule has 8 nitrogen and oxygen atoms in total. The monoisotopic (exact) mass is 471 g/mol. The highest BCUT2D eigenvalue weighted by atomic mass is 16.7. The maximum absolute atomic E-state index is 13.7. The molecule has 0 bridgehead atoms. The van der Waals surface area contributed by atoms with Gasteiger partial charge >= 0.3 is 11.9 Å². The van der Waals surface area contributed by atoms with Crippen LogP contribution in [0.15, 0.2) is 71.5 Å². The minimum atomic E-state index is -0.674. The molecule has 3 aromatic carbocycles. The maximum Gasteiger partial charge on any atom is 0.355 e. The van der Waals surface area contributed by atoms with E-state index in [1.165, 1.54) is 24.9 Å². The van der Waals surface area contributed by atoms with Crippen LogP contribution in [0.1, 0.15) is 26.4 Å². The molecule has 0 saturated carbocycles. The van der Waals surface area contributed by atoms with Gasteiger partial charge in [0.1, 0.15) is 5.69 Å². The number of methoxy groups -OCH3 is 2. The van der Waals surface area contributed by atoms with Gasteiger partial charge < -0.3 is 18.9 Å². The van der Waals surface area contributed by atoms with E-state index in [-0.39, 0.29) is 24.6 Å². The van der Waals surface area contributed by atoms with Gasteiger partial charge in [-0.3, -0.25) is 9.36 Å². The van der Waals surface area contributed by atoms with Crippen LogP contribution >= 0.6 is 0 Å². The number of pyridine rings is 1. The van der Waals surface area contributed by atoms with Crippen LogP contribution in [0.4, 0.5) is 0 Å². The third kappa shape index (κ3) is 3.89. The Morgan fingerprint density at radius 2 is 1.60 bits per heavy atom. The zero-order chi connectivity index (χ0) is 24.5. The van der Waals surface area contributed by atoms with Crippen LogP contribution in [0, 0.1) is 0 Å². The Morgan fingerprint density at radius 3 is 2.34 bits per heavy atom. The molecule has 0 fully saturated rings. The van der Waals surface area contributed by atoms with Gasteiger partial charge in [-0.1, -0.05) is 36.4 Å². The van der Waals surface area contributed by atoms with Gasteiger partial charge in [0.05, 0.1) is 26.3 Å². The van der Waals surface area contributed by atoms with Crippen molar-refractivity contribution in [3.63, 3.8) is 0 Å². The van der Waals surface area contributed by atoms with Gasteiger partial charge in [-0.15, -0.1) is 0 Å². The van der Waals surface area contributed by atoms with Gasteiger partial charge in [0.2, 0.25) is 6.79 Å². The van der Waals surface area contributed by atoms with Crippen LogP contribution in [0.3, 0.4) is 0 Å². The first-order valence-electron chi connectivity index (χ1n) is 10.8. The van der Waals surface area contributed by atoms with Crippen molar-refractivity contribution in [1.29, 1.82) is 0 Å². The fourth-order valence-corrected chi connectivity index (χ4v) is 4.27. The average Bonchev–Trinajstić information content (AvgIpc) is 3.37. The van der Waals surface area contributed by atoms with Gasteiger partial charge in [-0.05, 0) is 46.8 Å². The summed E-state index contributed by atoms with van der Waals surface area (Å²) < 4.78 is 22.2. The van der Waals surface area contributed by atoms with Gasteiger partial charge in [-0.2, -0.15) is 0 Å². The highest BCUT2D eigenvalue weighted by molar-refractivity contribution is 6.08. The van der Waals surface area contributed by atoms with E-state index in [2.05, 4.69) is 0 Å². The standard InChI is InChI=1S/C27H21NO7/c1-32-26(30)18-9-10-19-20(13-18)23(17-6-4-3-5-7-17)24(27(31)33-2)28(25(19)29)14-16-8-11-21-22(12-16)35-15-34-21/h3-13H,14-15H2,1-2H3. The van der Waals surface area contributed by atoms with Crippen molar-refractivity contribution in [3.8, 4) is 22.6 Å². The Balaban J connectivity index is 1.83. The van der Waals surface area contributed by atoms with E-state index in [9.17, 15) is 14.4 Å². The number of hydrogen-bond donors (Lipinski definition) is 0. The molecule has 1 aromatic heterocycles. The highest BCUT2D eigenvalue weighted by Gasteiger charge is 2.25. The molecule has 0 unspecified atom stereocenters. The van der Waals surface area contributed by atoms with Crippen molar-refractivity contribution in [1.82, 2.24) is 4.57 Å². The minimum absolute atomic E-state index is 0.0795. The van der Waals surface area contributed by atoms with Crippen LogP contribution in [-0.2, 0) is 16.0 Å². The topological polar surface area (TPSA) is 93.1 Å². The summed E-state index contributed by atoms with van der Waals surface area (Å²) in [6, 6.07) is 19.2. The van der Waals surface area contributed by atoms with E-state index in [1.54, 1.807) is 24.3 Å². The van der Waals surface area contributed by atoms with Crippen LogP contribution in [0.25, 0.3) is 21.9 Å². The van der Waals surface area contributed by atoms with Gasteiger partial charge in [0.25, 0.3) is 5.56 Å². The molecule has 0 saturated heterocycles. The number of rotatable bonds is 5. The zero-order valence-electron chi connectivity index (χ0n) is 19.1. The fourth-order valence-electron chi connectivity index (χ4n) is 4.27. The third-order valence-electron chi connectivity index (χ3n) is 5.91. The van der Waals surface area contributed by atoms with Crippen molar-refractivity contribution in [3.05, 3.63) is 93.9 Å². The van der Waals surface area contributed by atoms with Crippen molar-refractivity contribution in [2.75, 3.05) is 21.0 Å². The molecule has 5 rings (SSSR count). The van der Waals surface area contributed by atoms with E-state index in [4.69, 9.17) is 18.9 Å². The Morgan fingerprint density at radius 1 is 0.857 bits per heavy atom. The molecule has 0 atom stereocenters. The molecule has 0 radical (unpaired) electrons. The predicted molar refractivity (Wildman–Crippen MR) is 128 cm³/mol. The van der Waals surface area contributed by atoms with Gasteiger partial charge in [-0.25, -0.2) is 9.59 Å². The molecule has 176 valence electrons. The molecule has 35 heavy (non-hydrogen) atoms. The zero-order valence-corrected chi connectivity index (χ0v) is 19.1. The number of ether oxygens (including phenoxy) is 4. The Labute approximate surface area is 200 Å². The number of hydrogen-bond acceptors (Lipinski definition) is 7. The van der Waals surface area contributed by atoms with Crippen LogP contribution < -0.4 is 15.0 Å². The van der Waals surface area contributed by atoms with Gasteiger partial charge in [0, 0.05) is 10.9 Å². The van der Waals surface area contributed by atoms with Crippen molar-refractivity contribution >= 4 is 22.7 Å². The van der Waals surface area contributed by atoms with Crippen LogP contribution in [0.2, 0.25) is 0 Å². The van der Waals surface area contributed by atoms with Gasteiger partial charge in [0.15, 0.2) is 11.5 Å². The fraction of sp³-hybridized carbons (Fsp3) is 0.148. The Kier molecular flexibility index (Phi) is 5.70. The summed E-state index contributed by atoms with van der Waals surface area (Å²) in [4.78, 5) is 39.1. The average molecular weight is 471 g/mol. The third-order valence-corrected chi connectivity index (χ3v) is 5.91. The second-order valence-corrected chi connectivity index (χ2v) is 7.91. The van der Waals surface area contributed by atoms with Crippen LogP contribution in [0.5, 0.6) is 11.5 Å². The molecule has 0 spiro atoms. The molecule has 8 heteroatoms. The van der Waals surface area contributed by atoms with E-state index in [0.717, 1.165) is 5.56 Å². The van der Waals surface area contributed by atoms with Crippen LogP contribution in [-0.4, -0.2) is 37.5 Å². The molecule has 0 N–H and O–H groups in total. The van der Waals surface area contributed by atoms with Crippen molar-refractivity contribution in [2.24, 2.45) is 0 Å². The lowest BCUT2D eigenvalue weighted by Gasteiger charge is -2.19. The summed E-state index contributed by atoms with van der Waals surface area (Å²) in [5, 5.41) is 0.802. The number of carbonyl (C=O) groups excluding carboxylic acids is 2. The number of fused-ring (bicyclic) bond motifs is 2. The summed E-state index contributed by atoms with van der Waals surface area (Å²) in [6.45, 7) is 0.219. The molecule has 1 aliphatic rings. The first-order valence-corrected chi connectivity index (χ1v) is 10.8. The second kappa shape index (κ2) is 8.98. The van der Waals surface area contributed by atoms with Crippen molar-refractivity contribution < 1.29 is 28.5 Å². The molecule has 1 aliphatic heterocycles. The van der Waals surface area contributed by atoms with E-state index in [1.807, 2.05) is 36.4 Å². The summed E-state index contributed by atoms with van der Waals surface area (Å²) >= 11 is 0. The van der Waals surface area contributed by atoms with E-state index < -0.39 is 17.5 Å². The number of benzene rings is 3. The molecule has 4 aromatic rings. The first-order chi connectivity index (χ1) is 17.0. The lowest BCUT2D eigenvalue weighted by Crippen LogP contribution is -2.28. The number of nitrogens with zero attached hydrogens (tertiary/aromatic N) is 1. The molecule has 0 amide bonds. The van der Waals surface area contributed by atoms with Crippen molar-refractivity contribution in [2.45, 2.75) is 6.54 Å². The molecular formula is C27H21NO7. The number of carbonyl (C=O) groups is 2. The summed E-state index contributed by atoms with van der Waals surface area (Å²) in [5.41, 5.74) is 1.87. The number of esters is 2. The number of aromatic nitrogens is 1. The van der Waals surface area contributed by atoms with E-state index in [0.29, 0.717) is 33.4 Å². The SMILES string of the molecule is COC(=O)c1ccc2c(=O)n(Cc3ccc4c(c3)OCO4)c(C(=O)OC)c(-c3ccccc3)c2c1. The first kappa shape index (κ1) is 22.2. The summed E-state index contributed by atoms with van der Waals surface area (Å²) in [6.07, 6.45) is 0. The molecular weight excluding hydrogens is 450 g/mol. The lowest BCUT2D eigenvalue weighted by atomic mass is 9.95. The molecule has 2 heterocycles. The smallest absolute Gasteiger partial charge is 0.355 e. The summed E-state index contributed by atoms with van der Waals surface area (Å²) in [5.74, 6) is -0.0304. The predicted octanol–water partition coefficient (Wildman–Crippen LogP) is 4.02. The van der Waals surface area contributed by atoms with E-state index >= 15 is 0 Å². The Bertz CT molecular complexity index is 1520.